The van der Waals surface area contributed by atoms with Gasteiger partial charge in [0.05, 0.1) is 18.4 Å². The molecular weight excluding hydrogens is 216 g/mol. The second kappa shape index (κ2) is 4.76. The van der Waals surface area contributed by atoms with E-state index in [1.165, 1.54) is 4.68 Å². The fourth-order valence-corrected chi connectivity index (χ4v) is 1.74. The van der Waals surface area contributed by atoms with E-state index in [2.05, 4.69) is 10.3 Å². The maximum Gasteiger partial charge on any atom is 0.130 e. The maximum atomic E-state index is 9.23. The van der Waals surface area contributed by atoms with Gasteiger partial charge in [-0.1, -0.05) is 29.0 Å². The Morgan fingerprint density at radius 3 is 2.94 bits per heavy atom. The molecule has 0 radical (unpaired) electrons. The van der Waals surface area contributed by atoms with Crippen LogP contribution in [0.5, 0.6) is 0 Å². The number of aryl methyl sites for hydroxylation is 1. The third-order valence-corrected chi connectivity index (χ3v) is 2.47. The van der Waals surface area contributed by atoms with Crippen molar-refractivity contribution in [2.45, 2.75) is 20.1 Å². The van der Waals surface area contributed by atoms with Gasteiger partial charge in [0.2, 0.25) is 0 Å². The molecule has 2 rings (SSSR count). The monoisotopic (exact) mass is 228 g/mol. The highest BCUT2D eigenvalue weighted by atomic mass is 16.3. The minimum atomic E-state index is -0.186. The number of aliphatic hydroxyl groups is 1. The van der Waals surface area contributed by atoms with E-state index in [4.69, 9.17) is 5.26 Å². The average molecular weight is 228 g/mol. The molecular formula is C12H12N4O. The van der Waals surface area contributed by atoms with Crippen LogP contribution in [0, 0.1) is 18.3 Å². The lowest BCUT2D eigenvalue weighted by Gasteiger charge is -2.05. The van der Waals surface area contributed by atoms with Crippen LogP contribution >= 0.6 is 0 Å². The summed E-state index contributed by atoms with van der Waals surface area (Å²) in [4.78, 5) is 0. The Bertz CT molecular complexity index is 568. The van der Waals surface area contributed by atoms with Crippen LogP contribution in [0.1, 0.15) is 11.3 Å². The molecule has 0 aliphatic rings. The van der Waals surface area contributed by atoms with Crippen molar-refractivity contribution in [2.24, 2.45) is 0 Å². The van der Waals surface area contributed by atoms with Crippen molar-refractivity contribution in [1.82, 2.24) is 15.0 Å². The minimum absolute atomic E-state index is 0.121. The summed E-state index contributed by atoms with van der Waals surface area (Å²) < 4.78 is 1.50. The zero-order valence-electron chi connectivity index (χ0n) is 9.46. The second-order valence-corrected chi connectivity index (χ2v) is 3.73. The number of aliphatic hydroxyl groups excluding tert-OH is 1. The van der Waals surface area contributed by atoms with Gasteiger partial charge in [-0.2, -0.15) is 5.26 Å². The second-order valence-electron chi connectivity index (χ2n) is 3.73. The molecule has 1 N–H and O–H groups in total. The molecule has 0 aliphatic heterocycles. The number of nitrogens with zero attached hydrogens (tertiary/aromatic N) is 4. The van der Waals surface area contributed by atoms with E-state index >= 15 is 0 Å². The summed E-state index contributed by atoms with van der Waals surface area (Å²) in [6, 6.07) is 9.83. The first-order chi connectivity index (χ1) is 8.26. The molecule has 0 spiro atoms. The summed E-state index contributed by atoms with van der Waals surface area (Å²) in [5.41, 5.74) is 3.22. The highest BCUT2D eigenvalue weighted by Gasteiger charge is 2.13. The largest absolute Gasteiger partial charge is 0.390 e. The quantitative estimate of drug-likeness (QED) is 0.858. The van der Waals surface area contributed by atoms with Gasteiger partial charge in [-0.05, 0) is 13.0 Å². The number of hydrogen-bond donors (Lipinski definition) is 1. The van der Waals surface area contributed by atoms with Crippen molar-refractivity contribution in [2.75, 3.05) is 0 Å². The van der Waals surface area contributed by atoms with Crippen molar-refractivity contribution in [3.63, 3.8) is 0 Å². The normalized spacial score (nSPS) is 10.2. The Labute approximate surface area is 98.9 Å². The summed E-state index contributed by atoms with van der Waals surface area (Å²) in [7, 11) is 0. The van der Waals surface area contributed by atoms with E-state index in [9.17, 15) is 5.11 Å². The number of aromatic nitrogens is 3. The molecule has 86 valence electrons. The van der Waals surface area contributed by atoms with Gasteiger partial charge < -0.3 is 5.11 Å². The molecule has 0 saturated carbocycles. The first-order valence-electron chi connectivity index (χ1n) is 5.23. The Balaban J connectivity index is 2.56. The standard InChI is InChI=1S/C12H12N4O/c1-9-3-2-4-10(7-9)12-11(8-17)14-15-16(12)6-5-13/h2-4,7,17H,6,8H2,1H3. The first kappa shape index (κ1) is 11.3. The van der Waals surface area contributed by atoms with Gasteiger partial charge in [0.25, 0.3) is 0 Å². The molecule has 0 amide bonds. The average Bonchev–Trinajstić information content (AvgIpc) is 2.72. The molecule has 0 saturated heterocycles. The van der Waals surface area contributed by atoms with Gasteiger partial charge in [-0.25, -0.2) is 4.68 Å². The summed E-state index contributed by atoms with van der Waals surface area (Å²) in [6.45, 7) is 1.92. The van der Waals surface area contributed by atoms with Crippen molar-refractivity contribution in [1.29, 1.82) is 5.26 Å². The predicted molar refractivity (Wildman–Crippen MR) is 61.7 cm³/mol. The summed E-state index contributed by atoms with van der Waals surface area (Å²) in [5, 5.41) is 25.7. The van der Waals surface area contributed by atoms with E-state index in [0.717, 1.165) is 11.1 Å². The lowest BCUT2D eigenvalue weighted by atomic mass is 10.1. The topological polar surface area (TPSA) is 74.7 Å². The maximum absolute atomic E-state index is 9.23. The molecule has 0 unspecified atom stereocenters. The van der Waals surface area contributed by atoms with Crippen LogP contribution in [0.3, 0.4) is 0 Å². The van der Waals surface area contributed by atoms with Crippen LogP contribution in [0.2, 0.25) is 0 Å². The van der Waals surface area contributed by atoms with Crippen LogP contribution in [0.25, 0.3) is 11.3 Å². The Hall–Kier alpha value is -2.19. The fourth-order valence-electron chi connectivity index (χ4n) is 1.74. The third kappa shape index (κ3) is 2.17. The van der Waals surface area contributed by atoms with Gasteiger partial charge in [-0.3, -0.25) is 0 Å². The predicted octanol–water partition coefficient (Wildman–Crippen LogP) is 1.27. The molecule has 0 aliphatic carbocycles. The van der Waals surface area contributed by atoms with Crippen LogP contribution in [0.15, 0.2) is 24.3 Å². The Morgan fingerprint density at radius 1 is 1.47 bits per heavy atom. The van der Waals surface area contributed by atoms with Crippen LogP contribution in [0.4, 0.5) is 0 Å². The van der Waals surface area contributed by atoms with Gasteiger partial charge in [-0.15, -0.1) is 5.10 Å². The highest BCUT2D eigenvalue weighted by Crippen LogP contribution is 2.23. The van der Waals surface area contributed by atoms with Gasteiger partial charge in [0.1, 0.15) is 12.2 Å². The van der Waals surface area contributed by atoms with Gasteiger partial charge in [0.15, 0.2) is 0 Å². The van der Waals surface area contributed by atoms with E-state index in [1.54, 1.807) is 0 Å². The molecule has 0 atom stereocenters. The zero-order valence-corrected chi connectivity index (χ0v) is 9.46. The number of benzene rings is 1. The minimum Gasteiger partial charge on any atom is -0.390 e. The molecule has 5 heteroatoms. The molecule has 17 heavy (non-hydrogen) atoms. The van der Waals surface area contributed by atoms with Crippen molar-refractivity contribution < 1.29 is 5.11 Å². The van der Waals surface area contributed by atoms with Crippen molar-refractivity contribution in [3.05, 3.63) is 35.5 Å². The smallest absolute Gasteiger partial charge is 0.130 e. The SMILES string of the molecule is Cc1cccc(-c2c(CO)nnn2CC#N)c1. The van der Waals surface area contributed by atoms with E-state index < -0.39 is 0 Å². The van der Waals surface area contributed by atoms with Gasteiger partial charge >= 0.3 is 0 Å². The van der Waals surface area contributed by atoms with E-state index in [0.29, 0.717) is 11.4 Å². The summed E-state index contributed by atoms with van der Waals surface area (Å²) in [6.07, 6.45) is 0. The first-order valence-corrected chi connectivity index (χ1v) is 5.23. The third-order valence-electron chi connectivity index (χ3n) is 2.47. The van der Waals surface area contributed by atoms with Crippen LogP contribution < -0.4 is 0 Å². The Morgan fingerprint density at radius 2 is 2.29 bits per heavy atom. The van der Waals surface area contributed by atoms with E-state index in [1.807, 2.05) is 37.3 Å². The fraction of sp³-hybridized carbons (Fsp3) is 0.250. The number of nitriles is 1. The zero-order chi connectivity index (χ0) is 12.3. The van der Waals surface area contributed by atoms with Crippen LogP contribution in [-0.2, 0) is 13.2 Å². The van der Waals surface area contributed by atoms with E-state index in [-0.39, 0.29) is 13.2 Å². The number of hydrogen-bond acceptors (Lipinski definition) is 4. The van der Waals surface area contributed by atoms with Crippen molar-refractivity contribution >= 4 is 0 Å². The molecule has 0 fully saturated rings. The molecule has 0 bridgehead atoms. The van der Waals surface area contributed by atoms with Gasteiger partial charge in [0, 0.05) is 5.56 Å². The molecule has 5 nitrogen and oxygen atoms in total. The summed E-state index contributed by atoms with van der Waals surface area (Å²) in [5.74, 6) is 0. The molecule has 1 heterocycles. The highest BCUT2D eigenvalue weighted by molar-refractivity contribution is 5.62. The van der Waals surface area contributed by atoms with Crippen LogP contribution in [-0.4, -0.2) is 20.1 Å². The Kier molecular flexibility index (Phi) is 3.17. The molecule has 1 aromatic heterocycles. The molecule has 2 aromatic rings. The summed E-state index contributed by atoms with van der Waals surface area (Å²) >= 11 is 0. The lowest BCUT2D eigenvalue weighted by molar-refractivity contribution is 0.277. The van der Waals surface area contributed by atoms with Crippen molar-refractivity contribution in [3.8, 4) is 17.3 Å². The lowest BCUT2D eigenvalue weighted by Crippen LogP contribution is -2.01. The number of rotatable bonds is 3. The molecule has 1 aromatic carbocycles.